The Morgan fingerprint density at radius 3 is 2.89 bits per heavy atom. The molecule has 1 N–H and O–H groups in total. The van der Waals surface area contributed by atoms with E-state index in [2.05, 4.69) is 31.2 Å². The van der Waals surface area contributed by atoms with E-state index >= 15 is 0 Å². The van der Waals surface area contributed by atoms with Crippen molar-refractivity contribution in [2.75, 3.05) is 13.6 Å². The number of carbonyl (C=O) groups excluding carboxylic acids is 1. The second-order valence-electron chi connectivity index (χ2n) is 6.52. The number of ether oxygens (including phenoxy) is 1. The highest BCUT2D eigenvalue weighted by atomic mass is 32.1. The number of carbonyl (C=O) groups is 1. The molecular weight excluding hydrogens is 374 g/mol. The second-order valence-corrected chi connectivity index (χ2v) is 7.41. The molecule has 2 heterocycles. The van der Waals surface area contributed by atoms with Gasteiger partial charge in [0.2, 0.25) is 0 Å². The average Bonchev–Trinajstić information content (AvgIpc) is 3.22. The molecule has 2 aromatic heterocycles. The van der Waals surface area contributed by atoms with Gasteiger partial charge in [0.25, 0.3) is 5.91 Å². The van der Waals surface area contributed by atoms with E-state index in [1.165, 1.54) is 11.3 Å². The predicted molar refractivity (Wildman–Crippen MR) is 108 cm³/mol. The molecule has 0 aliphatic carbocycles. The van der Waals surface area contributed by atoms with E-state index in [1.807, 2.05) is 32.2 Å². The minimum absolute atomic E-state index is 0.127. The Balaban J connectivity index is 1.49. The molecule has 1 atom stereocenters. The van der Waals surface area contributed by atoms with E-state index < -0.39 is 0 Å². The molecule has 0 fully saturated rings. The van der Waals surface area contributed by atoms with Crippen LogP contribution in [0.2, 0.25) is 0 Å². The zero-order valence-corrected chi connectivity index (χ0v) is 16.7. The van der Waals surface area contributed by atoms with Crippen LogP contribution < -0.4 is 10.1 Å². The summed E-state index contributed by atoms with van der Waals surface area (Å²) in [5.41, 5.74) is 3.72. The fourth-order valence-electron chi connectivity index (χ4n) is 2.70. The van der Waals surface area contributed by atoms with Gasteiger partial charge in [-0.05, 0) is 31.7 Å². The maximum atomic E-state index is 12.0. The molecule has 0 spiro atoms. The Morgan fingerprint density at radius 2 is 2.14 bits per heavy atom. The highest BCUT2D eigenvalue weighted by Crippen LogP contribution is 2.16. The number of amides is 1. The number of benzene rings is 1. The van der Waals surface area contributed by atoms with Crippen LogP contribution in [-0.4, -0.2) is 45.5 Å². The fourth-order valence-corrected chi connectivity index (χ4v) is 3.23. The number of hydrogen-bond donors (Lipinski definition) is 1. The van der Waals surface area contributed by atoms with Crippen molar-refractivity contribution in [2.24, 2.45) is 0 Å². The average molecular weight is 398 g/mol. The summed E-state index contributed by atoms with van der Waals surface area (Å²) in [4.78, 5) is 27.1. The van der Waals surface area contributed by atoms with Crippen molar-refractivity contribution >= 4 is 17.2 Å². The Labute approximate surface area is 168 Å². The maximum absolute atomic E-state index is 12.0. The lowest BCUT2D eigenvalue weighted by molar-refractivity contribution is 0.0936. The van der Waals surface area contributed by atoms with Crippen molar-refractivity contribution in [1.29, 1.82) is 0 Å². The molecule has 3 aromatic rings. The van der Waals surface area contributed by atoms with Gasteiger partial charge in [-0.2, -0.15) is 0 Å². The summed E-state index contributed by atoms with van der Waals surface area (Å²) in [6, 6.07) is 7.99. The lowest BCUT2D eigenvalue weighted by Crippen LogP contribution is -2.33. The minimum atomic E-state index is -0.149. The highest BCUT2D eigenvalue weighted by molar-refractivity contribution is 7.11. The summed E-state index contributed by atoms with van der Waals surface area (Å²) in [6.45, 7) is 3.84. The van der Waals surface area contributed by atoms with Gasteiger partial charge in [0.05, 0.1) is 23.9 Å². The molecule has 0 saturated heterocycles. The molecule has 1 aromatic carbocycles. The first-order chi connectivity index (χ1) is 13.6. The summed E-state index contributed by atoms with van der Waals surface area (Å²) in [7, 11) is 2.04. The van der Waals surface area contributed by atoms with Gasteiger partial charge in [0, 0.05) is 31.7 Å². The second kappa shape index (κ2) is 9.91. The van der Waals surface area contributed by atoms with Gasteiger partial charge in [0.15, 0.2) is 0 Å². The third kappa shape index (κ3) is 6.11. The summed E-state index contributed by atoms with van der Waals surface area (Å²) >= 11 is 1.32. The van der Waals surface area contributed by atoms with Crippen LogP contribution in [0.3, 0.4) is 0 Å². The van der Waals surface area contributed by atoms with E-state index in [-0.39, 0.29) is 12.0 Å². The molecule has 8 heteroatoms. The lowest BCUT2D eigenvalue weighted by atomic mass is 10.2. The zero-order valence-electron chi connectivity index (χ0n) is 15.9. The normalized spacial score (nSPS) is 12.0. The van der Waals surface area contributed by atoms with Crippen LogP contribution in [0, 0.1) is 0 Å². The summed E-state index contributed by atoms with van der Waals surface area (Å²) in [5.74, 6) is 0.655. The third-order valence-corrected chi connectivity index (χ3v) is 4.71. The number of aromatic nitrogens is 3. The van der Waals surface area contributed by atoms with Crippen molar-refractivity contribution in [3.63, 3.8) is 0 Å². The van der Waals surface area contributed by atoms with Gasteiger partial charge in [-0.3, -0.25) is 24.6 Å². The Kier molecular flexibility index (Phi) is 7.05. The quantitative estimate of drug-likeness (QED) is 0.598. The molecule has 1 amide bonds. The monoisotopic (exact) mass is 397 g/mol. The molecule has 146 valence electrons. The van der Waals surface area contributed by atoms with Gasteiger partial charge in [-0.15, -0.1) is 11.3 Å². The minimum Gasteiger partial charge on any atom is -0.489 e. The molecule has 0 radical (unpaired) electrons. The van der Waals surface area contributed by atoms with Crippen molar-refractivity contribution in [3.8, 4) is 5.75 Å². The summed E-state index contributed by atoms with van der Waals surface area (Å²) in [5, 5.41) is 2.86. The van der Waals surface area contributed by atoms with Gasteiger partial charge < -0.3 is 10.1 Å². The van der Waals surface area contributed by atoms with Crippen LogP contribution in [0.1, 0.15) is 27.9 Å². The maximum Gasteiger partial charge on any atom is 0.263 e. The predicted octanol–water partition coefficient (Wildman–Crippen LogP) is 2.76. The van der Waals surface area contributed by atoms with Gasteiger partial charge in [-0.25, -0.2) is 0 Å². The van der Waals surface area contributed by atoms with Crippen LogP contribution in [0.5, 0.6) is 5.75 Å². The fraction of sp³-hybridized carbons (Fsp3) is 0.300. The smallest absolute Gasteiger partial charge is 0.263 e. The third-order valence-electron chi connectivity index (χ3n) is 3.94. The van der Waals surface area contributed by atoms with Crippen molar-refractivity contribution in [2.45, 2.75) is 26.1 Å². The van der Waals surface area contributed by atoms with Gasteiger partial charge in [-0.1, -0.05) is 12.1 Å². The van der Waals surface area contributed by atoms with Crippen molar-refractivity contribution in [1.82, 2.24) is 25.2 Å². The highest BCUT2D eigenvalue weighted by Gasteiger charge is 2.11. The number of nitrogens with zero attached hydrogens (tertiary/aromatic N) is 4. The van der Waals surface area contributed by atoms with E-state index in [1.54, 1.807) is 30.3 Å². The first-order valence-electron chi connectivity index (χ1n) is 8.96. The van der Waals surface area contributed by atoms with Crippen LogP contribution in [0.4, 0.5) is 0 Å². The Morgan fingerprint density at radius 1 is 1.25 bits per heavy atom. The van der Waals surface area contributed by atoms with Crippen molar-refractivity contribution < 1.29 is 9.53 Å². The molecule has 28 heavy (non-hydrogen) atoms. The molecule has 0 saturated carbocycles. The lowest BCUT2D eigenvalue weighted by Gasteiger charge is -2.18. The molecule has 0 aliphatic rings. The first-order valence-corrected chi connectivity index (χ1v) is 9.84. The number of nitrogens with one attached hydrogen (secondary N) is 1. The number of rotatable bonds is 9. The molecular formula is C20H23N5O2S. The van der Waals surface area contributed by atoms with Gasteiger partial charge in [0.1, 0.15) is 16.7 Å². The van der Waals surface area contributed by atoms with E-state index in [0.717, 1.165) is 30.1 Å². The largest absolute Gasteiger partial charge is 0.489 e. The first kappa shape index (κ1) is 19.9. The van der Waals surface area contributed by atoms with E-state index in [4.69, 9.17) is 4.74 Å². The molecule has 3 rings (SSSR count). The van der Waals surface area contributed by atoms with E-state index in [9.17, 15) is 4.79 Å². The molecule has 0 aliphatic heterocycles. The van der Waals surface area contributed by atoms with Crippen molar-refractivity contribution in [3.05, 3.63) is 70.7 Å². The van der Waals surface area contributed by atoms with Crippen LogP contribution in [0.25, 0.3) is 0 Å². The molecule has 7 nitrogen and oxygen atoms in total. The van der Waals surface area contributed by atoms with Gasteiger partial charge >= 0.3 is 0 Å². The topological polar surface area (TPSA) is 80.2 Å². The van der Waals surface area contributed by atoms with E-state index in [0.29, 0.717) is 11.4 Å². The van der Waals surface area contributed by atoms with Crippen LogP contribution in [-0.2, 0) is 13.1 Å². The standard InChI is InChI=1S/C20H23N5O2S/c1-15(9-24-20(26)19-11-22-14-28-19)27-18-5-3-4-16(8-18)12-25(2)13-17-10-21-6-7-23-17/h3-8,10-11,14-15H,9,12-13H2,1-2H3,(H,24,26). The summed E-state index contributed by atoms with van der Waals surface area (Å²) in [6.07, 6.45) is 6.56. The SMILES string of the molecule is CC(CNC(=O)c1cncs1)Oc1cccc(CN(C)Cc2cnccn2)c1. The molecule has 1 unspecified atom stereocenters. The zero-order chi connectivity index (χ0) is 19.8. The Bertz CT molecular complexity index is 873. The van der Waals surface area contributed by atoms with Crippen LogP contribution >= 0.6 is 11.3 Å². The van der Waals surface area contributed by atoms with Crippen LogP contribution in [0.15, 0.2) is 54.6 Å². The Hall–Kier alpha value is -2.84. The number of thiazole rings is 1. The number of hydrogen-bond acceptors (Lipinski definition) is 7. The molecule has 0 bridgehead atoms. The summed E-state index contributed by atoms with van der Waals surface area (Å²) < 4.78 is 5.95.